The fourth-order valence-electron chi connectivity index (χ4n) is 2.55. The summed E-state index contributed by atoms with van der Waals surface area (Å²) in [6, 6.07) is 0.0120. The lowest BCUT2D eigenvalue weighted by Crippen LogP contribution is -2.37. The molecular weight excluding hydrogens is 302 g/mol. The summed E-state index contributed by atoms with van der Waals surface area (Å²) in [5.74, 6) is 0.684. The summed E-state index contributed by atoms with van der Waals surface area (Å²) in [6.07, 6.45) is 6.61. The van der Waals surface area contributed by atoms with Crippen LogP contribution >= 0.6 is 15.9 Å². The van der Waals surface area contributed by atoms with Crippen LogP contribution in [-0.4, -0.2) is 25.0 Å². The van der Waals surface area contributed by atoms with E-state index < -0.39 is 10.0 Å². The van der Waals surface area contributed by atoms with Crippen molar-refractivity contribution in [3.8, 4) is 0 Å². The Kier molecular flexibility index (Phi) is 6.45. The summed E-state index contributed by atoms with van der Waals surface area (Å²) in [7, 11) is -3.10. The van der Waals surface area contributed by atoms with E-state index in [1.54, 1.807) is 0 Å². The molecule has 2 unspecified atom stereocenters. The van der Waals surface area contributed by atoms with Crippen molar-refractivity contribution in [3.05, 3.63) is 0 Å². The topological polar surface area (TPSA) is 46.2 Å². The van der Waals surface area contributed by atoms with Gasteiger partial charge in [0.15, 0.2) is 0 Å². The highest BCUT2D eigenvalue weighted by Gasteiger charge is 2.22. The van der Waals surface area contributed by atoms with E-state index in [-0.39, 0.29) is 6.04 Å². The third-order valence-electron chi connectivity index (χ3n) is 3.24. The first-order valence-electron chi connectivity index (χ1n) is 6.53. The quantitative estimate of drug-likeness (QED) is 0.763. The molecule has 0 aromatic carbocycles. The minimum absolute atomic E-state index is 0.0120. The molecule has 2 atom stereocenters. The van der Waals surface area contributed by atoms with E-state index in [4.69, 9.17) is 0 Å². The lowest BCUT2D eigenvalue weighted by molar-refractivity contribution is 0.383. The van der Waals surface area contributed by atoms with Gasteiger partial charge in [-0.1, -0.05) is 42.1 Å². The zero-order valence-electron chi connectivity index (χ0n) is 10.8. The van der Waals surface area contributed by atoms with Gasteiger partial charge in [-0.25, -0.2) is 13.1 Å². The number of halogens is 1. The fraction of sp³-hybridized carbons (Fsp3) is 1.00. The SMILES string of the molecule is CC(Br)CC(C)NS(=O)(=O)CC1CCCCC1. The lowest BCUT2D eigenvalue weighted by Gasteiger charge is -2.23. The molecule has 102 valence electrons. The highest BCUT2D eigenvalue weighted by molar-refractivity contribution is 9.09. The van der Waals surface area contributed by atoms with Gasteiger partial charge in [-0.05, 0) is 32.1 Å². The van der Waals surface area contributed by atoms with Crippen molar-refractivity contribution in [2.45, 2.75) is 63.2 Å². The monoisotopic (exact) mass is 325 g/mol. The van der Waals surface area contributed by atoms with Crippen LogP contribution in [0.5, 0.6) is 0 Å². The van der Waals surface area contributed by atoms with Gasteiger partial charge >= 0.3 is 0 Å². The Morgan fingerprint density at radius 2 is 1.82 bits per heavy atom. The zero-order chi connectivity index (χ0) is 12.9. The van der Waals surface area contributed by atoms with Gasteiger partial charge in [0.1, 0.15) is 0 Å². The van der Waals surface area contributed by atoms with Gasteiger partial charge in [-0.15, -0.1) is 0 Å². The van der Waals surface area contributed by atoms with E-state index >= 15 is 0 Å². The summed E-state index contributed by atoms with van der Waals surface area (Å²) < 4.78 is 26.7. The summed E-state index contributed by atoms with van der Waals surface area (Å²) in [5.41, 5.74) is 0. The molecule has 1 rings (SSSR count). The average molecular weight is 326 g/mol. The standard InChI is InChI=1S/C12H24BrNO2S/c1-10(13)8-11(2)14-17(15,16)9-12-6-4-3-5-7-12/h10-12,14H,3-9H2,1-2H3. The van der Waals surface area contributed by atoms with E-state index in [9.17, 15) is 8.42 Å². The van der Waals surface area contributed by atoms with Gasteiger partial charge in [0.2, 0.25) is 10.0 Å². The molecular formula is C12H24BrNO2S. The van der Waals surface area contributed by atoms with Gasteiger partial charge in [0, 0.05) is 10.9 Å². The molecule has 1 fully saturated rings. The molecule has 0 spiro atoms. The summed E-state index contributed by atoms with van der Waals surface area (Å²) in [4.78, 5) is 0.342. The van der Waals surface area contributed by atoms with Crippen molar-refractivity contribution in [1.29, 1.82) is 0 Å². The predicted molar refractivity (Wildman–Crippen MR) is 76.0 cm³/mol. The molecule has 1 aliphatic carbocycles. The Labute approximate surface area is 114 Å². The molecule has 17 heavy (non-hydrogen) atoms. The lowest BCUT2D eigenvalue weighted by atomic mass is 9.91. The molecule has 0 aromatic rings. The van der Waals surface area contributed by atoms with Gasteiger partial charge in [0.25, 0.3) is 0 Å². The Balaban J connectivity index is 2.39. The van der Waals surface area contributed by atoms with Crippen molar-refractivity contribution in [1.82, 2.24) is 4.72 Å². The van der Waals surface area contributed by atoms with Crippen LogP contribution in [-0.2, 0) is 10.0 Å². The minimum Gasteiger partial charge on any atom is -0.212 e. The van der Waals surface area contributed by atoms with Crippen molar-refractivity contribution in [3.63, 3.8) is 0 Å². The number of hydrogen-bond acceptors (Lipinski definition) is 2. The van der Waals surface area contributed by atoms with E-state index in [1.165, 1.54) is 19.3 Å². The van der Waals surface area contributed by atoms with E-state index in [1.807, 2.05) is 13.8 Å². The highest BCUT2D eigenvalue weighted by atomic mass is 79.9. The maximum absolute atomic E-state index is 12.0. The predicted octanol–water partition coefficient (Wildman–Crippen LogP) is 3.05. The Hall–Kier alpha value is 0.390. The van der Waals surface area contributed by atoms with Crippen LogP contribution in [0.1, 0.15) is 52.4 Å². The number of hydrogen-bond donors (Lipinski definition) is 1. The van der Waals surface area contributed by atoms with Crippen molar-refractivity contribution in [2.24, 2.45) is 5.92 Å². The van der Waals surface area contributed by atoms with Crippen LogP contribution < -0.4 is 4.72 Å². The van der Waals surface area contributed by atoms with E-state index in [2.05, 4.69) is 20.7 Å². The maximum atomic E-state index is 12.0. The Morgan fingerprint density at radius 1 is 1.24 bits per heavy atom. The molecule has 5 heteroatoms. The smallest absolute Gasteiger partial charge is 0.212 e. The molecule has 1 saturated carbocycles. The van der Waals surface area contributed by atoms with Crippen molar-refractivity contribution in [2.75, 3.05) is 5.75 Å². The second-order valence-corrected chi connectivity index (χ2v) is 8.68. The molecule has 0 aromatic heterocycles. The van der Waals surface area contributed by atoms with E-state index in [0.29, 0.717) is 16.5 Å². The third kappa shape index (κ3) is 6.77. The Bertz CT molecular complexity index is 310. The third-order valence-corrected chi connectivity index (χ3v) is 5.28. The number of rotatable bonds is 6. The minimum atomic E-state index is -3.10. The second kappa shape index (κ2) is 7.10. The number of alkyl halides is 1. The first kappa shape index (κ1) is 15.4. The molecule has 3 nitrogen and oxygen atoms in total. The van der Waals surface area contributed by atoms with Crippen LogP contribution in [0, 0.1) is 5.92 Å². The van der Waals surface area contributed by atoms with Crippen molar-refractivity contribution < 1.29 is 8.42 Å². The van der Waals surface area contributed by atoms with Gasteiger partial charge in [-0.3, -0.25) is 0 Å². The van der Waals surface area contributed by atoms with Crippen LogP contribution in [0.25, 0.3) is 0 Å². The molecule has 0 aliphatic heterocycles. The van der Waals surface area contributed by atoms with Gasteiger partial charge < -0.3 is 0 Å². The summed E-state index contributed by atoms with van der Waals surface area (Å²) >= 11 is 3.45. The van der Waals surface area contributed by atoms with Crippen LogP contribution in [0.3, 0.4) is 0 Å². The maximum Gasteiger partial charge on any atom is 0.212 e. The largest absolute Gasteiger partial charge is 0.212 e. The first-order chi connectivity index (χ1) is 7.89. The van der Waals surface area contributed by atoms with Gasteiger partial charge in [0.05, 0.1) is 5.75 Å². The molecule has 0 bridgehead atoms. The van der Waals surface area contributed by atoms with Crippen molar-refractivity contribution >= 4 is 26.0 Å². The molecule has 1 aliphatic rings. The molecule has 0 amide bonds. The molecule has 0 radical (unpaired) electrons. The molecule has 1 N–H and O–H groups in total. The number of sulfonamides is 1. The van der Waals surface area contributed by atoms with Gasteiger partial charge in [-0.2, -0.15) is 0 Å². The zero-order valence-corrected chi connectivity index (χ0v) is 13.2. The van der Waals surface area contributed by atoms with Crippen LogP contribution in [0.4, 0.5) is 0 Å². The normalized spacial score (nSPS) is 22.3. The molecule has 0 saturated heterocycles. The molecule has 0 heterocycles. The summed E-state index contributed by atoms with van der Waals surface area (Å²) in [6.45, 7) is 3.96. The van der Waals surface area contributed by atoms with E-state index in [0.717, 1.165) is 19.3 Å². The highest BCUT2D eigenvalue weighted by Crippen LogP contribution is 2.24. The fourth-order valence-corrected chi connectivity index (χ4v) is 4.87. The second-order valence-electron chi connectivity index (χ2n) is 5.32. The average Bonchev–Trinajstić information content (AvgIpc) is 2.15. The Morgan fingerprint density at radius 3 is 2.35 bits per heavy atom. The first-order valence-corrected chi connectivity index (χ1v) is 9.10. The number of nitrogens with one attached hydrogen (secondary N) is 1. The van der Waals surface area contributed by atoms with Crippen LogP contribution in [0.15, 0.2) is 0 Å². The van der Waals surface area contributed by atoms with Crippen LogP contribution in [0.2, 0.25) is 0 Å². The summed E-state index contributed by atoms with van der Waals surface area (Å²) in [5, 5.41) is 0.